The molecule has 5 rings (SSSR count). The van der Waals surface area contributed by atoms with Gasteiger partial charge >= 0.3 is 0 Å². The highest BCUT2D eigenvalue weighted by atomic mass is 79.9. The highest BCUT2D eigenvalue weighted by Gasteiger charge is 2.17. The maximum atomic E-state index is 4.51. The normalized spacial score (nSPS) is 12.3. The van der Waals surface area contributed by atoms with Crippen molar-refractivity contribution in [2.75, 3.05) is 0 Å². The van der Waals surface area contributed by atoms with Crippen LogP contribution < -0.4 is 0 Å². The summed E-state index contributed by atoms with van der Waals surface area (Å²) in [4.78, 5) is 6.30. The monoisotopic (exact) mass is 447 g/mol. The zero-order valence-electron chi connectivity index (χ0n) is 13.6. The number of nitrogens with zero attached hydrogens (tertiary/aromatic N) is 2. The molecule has 25 heavy (non-hydrogen) atoms. The lowest BCUT2D eigenvalue weighted by Crippen LogP contribution is -1.89. The van der Waals surface area contributed by atoms with Crippen LogP contribution in [0.2, 0.25) is 0 Å². The minimum absolute atomic E-state index is 0.686. The molecule has 0 atom stereocenters. The van der Waals surface area contributed by atoms with Crippen LogP contribution in [-0.4, -0.2) is 13.7 Å². The molecular weight excluding hydrogens is 434 g/mol. The SMILES string of the molecule is CC(C)Cc1cc2[nH]c3cc(-c4ccc(Br)c5nsnc45)sc3c2s1. The van der Waals surface area contributed by atoms with Crippen LogP contribution in [0.15, 0.2) is 28.7 Å². The van der Waals surface area contributed by atoms with E-state index in [4.69, 9.17) is 0 Å². The number of fused-ring (bicyclic) bond motifs is 4. The first-order valence-corrected chi connectivity index (χ1v) is 11.2. The number of hydrogen-bond donors (Lipinski definition) is 1. The van der Waals surface area contributed by atoms with Crippen LogP contribution in [-0.2, 0) is 6.42 Å². The fourth-order valence-electron chi connectivity index (χ4n) is 3.17. The molecule has 0 amide bonds. The Balaban J connectivity index is 1.68. The summed E-state index contributed by atoms with van der Waals surface area (Å²) < 4.78 is 12.7. The molecular formula is C18H14BrN3S3. The van der Waals surface area contributed by atoms with E-state index in [0.29, 0.717) is 5.92 Å². The summed E-state index contributed by atoms with van der Waals surface area (Å²) in [6, 6.07) is 8.76. The zero-order chi connectivity index (χ0) is 17.1. The molecule has 4 heterocycles. The van der Waals surface area contributed by atoms with E-state index in [9.17, 15) is 0 Å². The average Bonchev–Trinajstić information content (AvgIpc) is 3.27. The molecule has 0 radical (unpaired) electrons. The number of aromatic amines is 1. The van der Waals surface area contributed by atoms with E-state index < -0.39 is 0 Å². The highest BCUT2D eigenvalue weighted by Crippen LogP contribution is 2.43. The largest absolute Gasteiger partial charge is 0.353 e. The van der Waals surface area contributed by atoms with E-state index in [-0.39, 0.29) is 0 Å². The van der Waals surface area contributed by atoms with Gasteiger partial charge in [0.15, 0.2) is 0 Å². The first kappa shape index (κ1) is 15.9. The molecule has 0 aliphatic carbocycles. The van der Waals surface area contributed by atoms with Gasteiger partial charge in [0.1, 0.15) is 11.0 Å². The van der Waals surface area contributed by atoms with Gasteiger partial charge in [0, 0.05) is 19.8 Å². The number of halogens is 1. The standard InChI is InChI=1S/C18H14BrN3S3/c1-8(2)5-9-6-12-17(23-9)18-13(20-12)7-14(24-18)10-3-4-11(19)16-15(10)21-25-22-16/h3-4,6-8,20H,5H2,1-2H3. The van der Waals surface area contributed by atoms with Gasteiger partial charge in [-0.2, -0.15) is 8.75 Å². The van der Waals surface area contributed by atoms with Crippen molar-refractivity contribution in [3.8, 4) is 10.4 Å². The molecule has 1 aromatic carbocycles. The maximum absolute atomic E-state index is 4.51. The molecule has 0 bridgehead atoms. The minimum Gasteiger partial charge on any atom is -0.353 e. The van der Waals surface area contributed by atoms with Crippen molar-refractivity contribution < 1.29 is 0 Å². The summed E-state index contributed by atoms with van der Waals surface area (Å²) in [5.41, 5.74) is 5.57. The Morgan fingerprint density at radius 1 is 1.04 bits per heavy atom. The van der Waals surface area contributed by atoms with Gasteiger partial charge < -0.3 is 4.98 Å². The van der Waals surface area contributed by atoms with E-state index in [2.05, 4.69) is 67.8 Å². The Morgan fingerprint density at radius 3 is 2.64 bits per heavy atom. The molecule has 0 aliphatic heterocycles. The molecule has 0 spiro atoms. The molecule has 3 nitrogen and oxygen atoms in total. The predicted molar refractivity (Wildman–Crippen MR) is 114 cm³/mol. The van der Waals surface area contributed by atoms with E-state index in [1.807, 2.05) is 22.7 Å². The van der Waals surface area contributed by atoms with E-state index in [0.717, 1.165) is 27.5 Å². The number of benzene rings is 1. The van der Waals surface area contributed by atoms with Crippen molar-refractivity contribution in [3.63, 3.8) is 0 Å². The number of rotatable bonds is 3. The number of nitrogens with one attached hydrogen (secondary N) is 1. The van der Waals surface area contributed by atoms with Crippen molar-refractivity contribution in [2.45, 2.75) is 20.3 Å². The third-order valence-electron chi connectivity index (χ3n) is 4.23. The van der Waals surface area contributed by atoms with Crippen molar-refractivity contribution in [3.05, 3.63) is 33.6 Å². The summed E-state index contributed by atoms with van der Waals surface area (Å²) in [5, 5.41) is 0. The molecule has 0 saturated heterocycles. The molecule has 4 aromatic heterocycles. The van der Waals surface area contributed by atoms with Gasteiger partial charge in [0.25, 0.3) is 0 Å². The smallest absolute Gasteiger partial charge is 0.119 e. The third kappa shape index (κ3) is 2.56. The first-order chi connectivity index (χ1) is 12.1. The third-order valence-corrected chi connectivity index (χ3v) is 7.89. The van der Waals surface area contributed by atoms with Crippen LogP contribution in [0.4, 0.5) is 0 Å². The topological polar surface area (TPSA) is 41.6 Å². The van der Waals surface area contributed by atoms with Gasteiger partial charge in [0.05, 0.1) is 32.2 Å². The lowest BCUT2D eigenvalue weighted by molar-refractivity contribution is 0.654. The lowest BCUT2D eigenvalue weighted by Gasteiger charge is -1.99. The summed E-state index contributed by atoms with van der Waals surface area (Å²) in [6.07, 6.45) is 1.14. The van der Waals surface area contributed by atoms with E-state index >= 15 is 0 Å². The molecule has 0 saturated carbocycles. The second kappa shape index (κ2) is 5.87. The fraction of sp³-hybridized carbons (Fsp3) is 0.222. The van der Waals surface area contributed by atoms with Crippen LogP contribution in [0.5, 0.6) is 0 Å². The zero-order valence-corrected chi connectivity index (χ0v) is 17.6. The predicted octanol–water partition coefficient (Wildman–Crippen LogP) is 7.08. The number of aromatic nitrogens is 3. The number of thiophene rings is 2. The molecule has 5 aromatic rings. The Kier molecular flexibility index (Phi) is 3.74. The van der Waals surface area contributed by atoms with Gasteiger partial charge in [-0.1, -0.05) is 19.9 Å². The maximum Gasteiger partial charge on any atom is 0.119 e. The van der Waals surface area contributed by atoms with Gasteiger partial charge in [0.2, 0.25) is 0 Å². The van der Waals surface area contributed by atoms with Crippen LogP contribution >= 0.6 is 50.3 Å². The fourth-order valence-corrected chi connectivity index (χ4v) is 6.89. The summed E-state index contributed by atoms with van der Waals surface area (Å²) in [5.74, 6) is 0.686. The van der Waals surface area contributed by atoms with Crippen LogP contribution in [0.25, 0.3) is 41.9 Å². The van der Waals surface area contributed by atoms with Crippen molar-refractivity contribution >= 4 is 81.8 Å². The van der Waals surface area contributed by atoms with Crippen LogP contribution in [0.3, 0.4) is 0 Å². The van der Waals surface area contributed by atoms with Crippen molar-refractivity contribution in [1.82, 2.24) is 13.7 Å². The minimum atomic E-state index is 0.686. The molecule has 0 unspecified atom stereocenters. The van der Waals surface area contributed by atoms with E-state index in [1.165, 1.54) is 41.9 Å². The Bertz CT molecular complexity index is 1220. The Morgan fingerprint density at radius 2 is 1.80 bits per heavy atom. The molecule has 0 aliphatic rings. The Labute approximate surface area is 165 Å². The van der Waals surface area contributed by atoms with Gasteiger partial charge in [-0.25, -0.2) is 0 Å². The van der Waals surface area contributed by atoms with Crippen molar-refractivity contribution in [2.24, 2.45) is 5.92 Å². The van der Waals surface area contributed by atoms with Crippen LogP contribution in [0, 0.1) is 5.92 Å². The quantitative estimate of drug-likeness (QED) is 0.321. The van der Waals surface area contributed by atoms with Crippen molar-refractivity contribution in [1.29, 1.82) is 0 Å². The summed E-state index contributed by atoms with van der Waals surface area (Å²) >= 11 is 8.60. The Hall–Kier alpha value is -1.28. The highest BCUT2D eigenvalue weighted by molar-refractivity contribution is 9.10. The van der Waals surface area contributed by atoms with E-state index in [1.54, 1.807) is 0 Å². The first-order valence-electron chi connectivity index (χ1n) is 8.05. The molecule has 126 valence electrons. The van der Waals surface area contributed by atoms with Gasteiger partial charge in [-0.3, -0.25) is 0 Å². The average molecular weight is 448 g/mol. The molecule has 7 heteroatoms. The summed E-state index contributed by atoms with van der Waals surface area (Å²) in [6.45, 7) is 4.54. The lowest BCUT2D eigenvalue weighted by atomic mass is 10.1. The molecule has 1 N–H and O–H groups in total. The second-order valence-corrected chi connectivity index (χ2v) is 10.2. The van der Waals surface area contributed by atoms with Crippen LogP contribution in [0.1, 0.15) is 18.7 Å². The number of H-pyrrole nitrogens is 1. The molecule has 0 fully saturated rings. The number of hydrogen-bond acceptors (Lipinski definition) is 5. The summed E-state index contributed by atoms with van der Waals surface area (Å²) in [7, 11) is 0. The second-order valence-electron chi connectivity index (χ2n) is 6.59. The van der Waals surface area contributed by atoms with Gasteiger partial charge in [-0.05, 0) is 46.5 Å². The van der Waals surface area contributed by atoms with Gasteiger partial charge in [-0.15, -0.1) is 22.7 Å².